The molecular formula is C51H73N15O24. The second kappa shape index (κ2) is 36.6. The van der Waals surface area contributed by atoms with Gasteiger partial charge in [-0.05, 0) is 51.3 Å². The predicted molar refractivity (Wildman–Crippen MR) is 300 cm³/mol. The molecule has 39 heteroatoms. The summed E-state index contributed by atoms with van der Waals surface area (Å²) in [6.07, 6.45) is -9.00. The number of ketones is 1. The molecule has 0 saturated carbocycles. The van der Waals surface area contributed by atoms with Crippen LogP contribution in [0.25, 0.3) is 0 Å². The zero-order valence-electron chi connectivity index (χ0n) is 48.5. The summed E-state index contributed by atoms with van der Waals surface area (Å²) < 4.78 is 5.54. The van der Waals surface area contributed by atoms with Crippen LogP contribution in [0.3, 0.4) is 0 Å². The van der Waals surface area contributed by atoms with Gasteiger partial charge in [-0.15, -0.1) is 0 Å². The van der Waals surface area contributed by atoms with E-state index in [1.807, 2.05) is 26.6 Å². The first-order valence-corrected chi connectivity index (χ1v) is 27.2. The molecule has 0 bridgehead atoms. The Morgan fingerprint density at radius 1 is 0.611 bits per heavy atom. The summed E-state index contributed by atoms with van der Waals surface area (Å²) in [4.78, 5) is 237. The van der Waals surface area contributed by atoms with Crippen molar-refractivity contribution < 1.29 is 117 Å². The van der Waals surface area contributed by atoms with Crippen molar-refractivity contribution in [2.45, 2.75) is 139 Å². The number of anilines is 1. The maximum Gasteiger partial charge on any atom is 0.329 e. The number of Topliss-reactive ketones (excluding diaryl/α,β-unsaturated/α-hetero) is 1. The summed E-state index contributed by atoms with van der Waals surface area (Å²) >= 11 is 0. The molecule has 0 radical (unpaired) electrons. The highest BCUT2D eigenvalue weighted by Gasteiger charge is 2.40. The second-order valence-corrected chi connectivity index (χ2v) is 20.2. The van der Waals surface area contributed by atoms with Crippen molar-refractivity contribution in [3.05, 3.63) is 29.8 Å². The highest BCUT2D eigenvalue weighted by molar-refractivity contribution is 6.05. The van der Waals surface area contributed by atoms with E-state index in [1.165, 1.54) is 24.3 Å². The third-order valence-electron chi connectivity index (χ3n) is 12.8. The van der Waals surface area contributed by atoms with Crippen LogP contribution in [0.4, 0.5) is 5.69 Å². The van der Waals surface area contributed by atoms with Gasteiger partial charge in [0.25, 0.3) is 0 Å². The van der Waals surface area contributed by atoms with Crippen LogP contribution in [-0.2, 0) is 86.2 Å². The molecule has 24 N–H and O–H groups in total. The Balaban J connectivity index is 2.93. The summed E-state index contributed by atoms with van der Waals surface area (Å²) in [6, 6.07) is -15.0. The van der Waals surface area contributed by atoms with Crippen molar-refractivity contribution in [1.82, 2.24) is 58.5 Å². The number of primary amides is 1. The molecule has 1 aliphatic heterocycles. The van der Waals surface area contributed by atoms with Crippen molar-refractivity contribution in [3.8, 4) is 0 Å². The fourth-order valence-corrected chi connectivity index (χ4v) is 8.13. The lowest BCUT2D eigenvalue weighted by molar-refractivity contribution is -0.156. The monoisotopic (exact) mass is 1280 g/mol. The number of esters is 1. The first kappa shape index (κ1) is 75.7. The lowest BCUT2D eigenvalue weighted by Gasteiger charge is -2.30. The van der Waals surface area contributed by atoms with E-state index in [1.54, 1.807) is 0 Å². The molecule has 10 unspecified atom stereocenters. The summed E-state index contributed by atoms with van der Waals surface area (Å²) in [5, 5.41) is 71.5. The average molecular weight is 1280 g/mol. The van der Waals surface area contributed by atoms with Gasteiger partial charge in [-0.25, -0.2) is 4.79 Å². The smallest absolute Gasteiger partial charge is 0.329 e. The Labute approximate surface area is 509 Å². The lowest BCUT2D eigenvalue weighted by Crippen LogP contribution is -2.61. The van der Waals surface area contributed by atoms with Crippen LogP contribution in [0.2, 0.25) is 0 Å². The fourth-order valence-electron chi connectivity index (χ4n) is 8.13. The first-order chi connectivity index (χ1) is 42.1. The van der Waals surface area contributed by atoms with E-state index >= 15 is 0 Å². The van der Waals surface area contributed by atoms with Crippen molar-refractivity contribution in [2.75, 3.05) is 32.0 Å². The predicted octanol–water partition coefficient (Wildman–Crippen LogP) is -10.1. The van der Waals surface area contributed by atoms with E-state index in [4.69, 9.17) is 27.7 Å². The van der Waals surface area contributed by atoms with Gasteiger partial charge in [-0.3, -0.25) is 81.5 Å². The number of amides is 12. The number of nitrogens with one attached hydrogen (secondary N) is 11. The zero-order valence-corrected chi connectivity index (χ0v) is 48.5. The van der Waals surface area contributed by atoms with Crippen LogP contribution in [0.5, 0.6) is 0 Å². The lowest BCUT2D eigenvalue weighted by atomic mass is 9.96. The number of aliphatic hydroxyl groups excluding tert-OH is 1. The number of benzene rings is 1. The van der Waals surface area contributed by atoms with Gasteiger partial charge in [-0.2, -0.15) is 0 Å². The molecule has 0 aromatic heterocycles. The number of ether oxygens (including phenoxy) is 1. The minimum absolute atomic E-state index is 0.0580. The van der Waals surface area contributed by atoms with Crippen LogP contribution in [0.15, 0.2) is 24.3 Å². The molecule has 90 heavy (non-hydrogen) atoms. The number of nitrogens with two attached hydrogens (primary N) is 4. The van der Waals surface area contributed by atoms with E-state index in [0.29, 0.717) is 0 Å². The summed E-state index contributed by atoms with van der Waals surface area (Å²) in [5.41, 5.74) is 22.0. The Morgan fingerprint density at radius 2 is 1.13 bits per heavy atom. The van der Waals surface area contributed by atoms with E-state index < -0.39 is 237 Å². The van der Waals surface area contributed by atoms with Gasteiger partial charge in [0.05, 0.1) is 57.8 Å². The van der Waals surface area contributed by atoms with E-state index in [9.17, 15) is 112 Å². The van der Waals surface area contributed by atoms with Crippen LogP contribution < -0.4 is 81.4 Å². The standard InChI is InChI=1S/C51H73N15O24/c1-20(11-36(72)73)40-50(88)64-30(13-32(68)23-7-4-5-8-24(23)53)51(89)90-22(3)41(66-47(85)29(16-39(78)79)62-43(81)25(54)12-33(55)69)49(87)57-18-34(70)59-26(9-6-10-52)45(83)63-28(15-38(76)77)46(84)58-21(2)42(80)61-27(14-37(74)75)44(82)56-17-35(71)60-31(19-67)48(86)65-40/h4-5,7-8,20-22,25-31,40-41,67H,6,9-19,52-54H2,1-3H3,(H2,55,69)(H,56,82)(H,57,87)(H,58,84)(H,59,70)(H,60,71)(H,61,80)(H,62,81)(H,63,83)(H,64,88)(H,65,86)(H,66,85)(H,72,73)(H,74,75)(H,76,77)(H,78,79)/t20-,21?,22?,25?,26?,27?,28?,29?,30?,31?,40+,41?/m0/s1. The van der Waals surface area contributed by atoms with E-state index in [2.05, 4.69) is 31.9 Å². The van der Waals surface area contributed by atoms with Crippen molar-refractivity contribution in [3.63, 3.8) is 0 Å². The van der Waals surface area contributed by atoms with Gasteiger partial charge in [0.15, 0.2) is 5.78 Å². The molecule has 1 saturated heterocycles. The van der Waals surface area contributed by atoms with Crippen molar-refractivity contribution in [1.29, 1.82) is 0 Å². The topological polar surface area (TPSA) is 654 Å². The maximum absolute atomic E-state index is 14.4. The molecule has 496 valence electrons. The normalized spacial score (nSPS) is 23.5. The number of carboxylic acid groups (broad SMARTS) is 4. The molecule has 0 spiro atoms. The number of hydrogen-bond donors (Lipinski definition) is 20. The van der Waals surface area contributed by atoms with Crippen LogP contribution in [0.1, 0.15) is 82.5 Å². The first-order valence-electron chi connectivity index (χ1n) is 27.2. The Morgan fingerprint density at radius 3 is 1.68 bits per heavy atom. The Kier molecular flexibility index (Phi) is 30.8. The molecular weight excluding hydrogens is 1210 g/mol. The third-order valence-corrected chi connectivity index (χ3v) is 12.8. The maximum atomic E-state index is 14.4. The molecule has 1 aromatic carbocycles. The van der Waals surface area contributed by atoms with Gasteiger partial charge < -0.3 is 112 Å². The molecule has 2 rings (SSSR count). The second-order valence-electron chi connectivity index (χ2n) is 20.2. The highest BCUT2D eigenvalue weighted by Crippen LogP contribution is 2.17. The van der Waals surface area contributed by atoms with Crippen LogP contribution in [0, 0.1) is 5.92 Å². The number of hydrogen-bond acceptors (Lipinski definition) is 23. The number of nitrogen functional groups attached to an aromatic ring is 1. The minimum atomic E-state index is -2.33. The van der Waals surface area contributed by atoms with Crippen LogP contribution >= 0.6 is 0 Å². The van der Waals surface area contributed by atoms with Crippen molar-refractivity contribution >= 4 is 112 Å². The molecule has 1 aliphatic rings. The molecule has 0 aliphatic carbocycles. The average Bonchev–Trinajstić information content (AvgIpc) is 1.98. The molecule has 1 fully saturated rings. The van der Waals surface area contributed by atoms with Gasteiger partial charge in [0, 0.05) is 17.7 Å². The number of para-hydroxylation sites is 1. The number of aliphatic carboxylic acids is 4. The van der Waals surface area contributed by atoms with E-state index in [0.717, 1.165) is 20.8 Å². The number of aliphatic hydroxyl groups is 1. The number of carbonyl (C=O) groups excluding carboxylic acids is 14. The summed E-state index contributed by atoms with van der Waals surface area (Å²) in [5.74, 6) is -27.2. The fraction of sp³-hybridized carbons (Fsp3) is 0.529. The Hall–Kier alpha value is -10.4. The third kappa shape index (κ3) is 25.9. The SMILES string of the molecule is CC1NC(=O)C(CC(=O)O)NC(=O)C(CCCN)NC(=O)CNC(=O)C(NC(=O)C(CC(=O)O)NC(=O)C(N)CC(N)=O)C(C)OC(=O)C(CC(=O)c2ccccc2N)NC(=O)[C@@H]([C@@H](C)CC(=O)O)NC(=O)C(CO)NC(=O)CNC(=O)C(CC(=O)O)NC1=O. The number of cyclic esters (lactones) is 1. The minimum Gasteiger partial charge on any atom is -0.481 e. The number of rotatable bonds is 22. The molecule has 12 atom stereocenters. The van der Waals surface area contributed by atoms with Gasteiger partial charge in [-0.1, -0.05) is 19.1 Å². The van der Waals surface area contributed by atoms with Crippen molar-refractivity contribution in [2.24, 2.45) is 23.1 Å². The number of carbonyl (C=O) groups is 18. The molecule has 12 amide bonds. The molecule has 1 aromatic rings. The highest BCUT2D eigenvalue weighted by atomic mass is 16.5. The van der Waals surface area contributed by atoms with Gasteiger partial charge >= 0.3 is 29.8 Å². The van der Waals surface area contributed by atoms with E-state index in [-0.39, 0.29) is 30.6 Å². The van der Waals surface area contributed by atoms with Crippen LogP contribution in [-0.4, -0.2) is 225 Å². The molecule has 1 heterocycles. The Bertz CT molecular complexity index is 2910. The summed E-state index contributed by atoms with van der Waals surface area (Å²) in [6.45, 7) is -0.775. The number of carboxylic acids is 4. The largest absolute Gasteiger partial charge is 0.481 e. The van der Waals surface area contributed by atoms with Gasteiger partial charge in [0.1, 0.15) is 60.5 Å². The summed E-state index contributed by atoms with van der Waals surface area (Å²) in [7, 11) is 0. The quantitative estimate of drug-likeness (QED) is 0.0291. The van der Waals surface area contributed by atoms with Gasteiger partial charge in [0.2, 0.25) is 70.9 Å². The zero-order chi connectivity index (χ0) is 68.3. The molecule has 39 nitrogen and oxygen atoms in total.